The van der Waals surface area contributed by atoms with Gasteiger partial charge in [-0.15, -0.1) is 0 Å². The van der Waals surface area contributed by atoms with Crippen LogP contribution in [-0.2, 0) is 9.53 Å². The SMILES string of the molecule is Cc1cc(NC(=O)C2C(C)OC(C)C2C)cc(C)c1Br. The summed E-state index contributed by atoms with van der Waals surface area (Å²) >= 11 is 3.54. The minimum absolute atomic E-state index is 0.0300. The van der Waals surface area contributed by atoms with Gasteiger partial charge in [-0.25, -0.2) is 0 Å². The van der Waals surface area contributed by atoms with Gasteiger partial charge in [0.15, 0.2) is 0 Å². The summed E-state index contributed by atoms with van der Waals surface area (Å²) in [5, 5.41) is 3.03. The molecule has 1 saturated heterocycles. The second-order valence-electron chi connectivity index (χ2n) is 5.84. The van der Waals surface area contributed by atoms with Gasteiger partial charge in [-0.2, -0.15) is 0 Å². The van der Waals surface area contributed by atoms with Crippen LogP contribution in [0, 0.1) is 25.7 Å². The number of hydrogen-bond donors (Lipinski definition) is 1. The fourth-order valence-corrected chi connectivity index (χ4v) is 3.19. The quantitative estimate of drug-likeness (QED) is 0.882. The highest BCUT2D eigenvalue weighted by Gasteiger charge is 2.41. The Morgan fingerprint density at radius 2 is 1.70 bits per heavy atom. The summed E-state index contributed by atoms with van der Waals surface area (Å²) < 4.78 is 6.84. The van der Waals surface area contributed by atoms with Crippen molar-refractivity contribution in [2.24, 2.45) is 11.8 Å². The lowest BCUT2D eigenvalue weighted by Crippen LogP contribution is -2.32. The van der Waals surface area contributed by atoms with E-state index in [-0.39, 0.29) is 30.0 Å². The number of benzene rings is 1. The molecular weight excluding hydrogens is 318 g/mol. The molecule has 2 rings (SSSR count). The maximum absolute atomic E-state index is 12.5. The molecule has 0 bridgehead atoms. The zero-order chi connectivity index (χ0) is 15.0. The van der Waals surface area contributed by atoms with Crippen molar-refractivity contribution in [3.05, 3.63) is 27.7 Å². The van der Waals surface area contributed by atoms with Crippen molar-refractivity contribution in [3.63, 3.8) is 0 Å². The van der Waals surface area contributed by atoms with Gasteiger partial charge in [0.2, 0.25) is 5.91 Å². The monoisotopic (exact) mass is 339 g/mol. The van der Waals surface area contributed by atoms with E-state index in [4.69, 9.17) is 4.74 Å². The third-order valence-electron chi connectivity index (χ3n) is 4.25. The van der Waals surface area contributed by atoms with Gasteiger partial charge in [0.1, 0.15) is 0 Å². The van der Waals surface area contributed by atoms with E-state index in [1.165, 1.54) is 0 Å². The first-order valence-electron chi connectivity index (χ1n) is 7.04. The molecule has 1 aliphatic heterocycles. The van der Waals surface area contributed by atoms with E-state index in [0.717, 1.165) is 21.3 Å². The number of anilines is 1. The third kappa shape index (κ3) is 2.91. The van der Waals surface area contributed by atoms with E-state index >= 15 is 0 Å². The lowest BCUT2D eigenvalue weighted by Gasteiger charge is -2.18. The van der Waals surface area contributed by atoms with Crippen molar-refractivity contribution in [1.82, 2.24) is 0 Å². The predicted molar refractivity (Wildman–Crippen MR) is 84.9 cm³/mol. The van der Waals surface area contributed by atoms with Gasteiger partial charge in [0, 0.05) is 10.2 Å². The second-order valence-corrected chi connectivity index (χ2v) is 6.64. The van der Waals surface area contributed by atoms with Crippen LogP contribution in [0.25, 0.3) is 0 Å². The highest BCUT2D eigenvalue weighted by molar-refractivity contribution is 9.10. The summed E-state index contributed by atoms with van der Waals surface area (Å²) in [5.41, 5.74) is 3.10. The van der Waals surface area contributed by atoms with Crippen LogP contribution < -0.4 is 5.32 Å². The summed E-state index contributed by atoms with van der Waals surface area (Å²) in [6.07, 6.45) is 0.104. The van der Waals surface area contributed by atoms with Crippen LogP contribution in [0.5, 0.6) is 0 Å². The molecule has 0 aromatic heterocycles. The molecule has 110 valence electrons. The average Bonchev–Trinajstić information content (AvgIpc) is 2.60. The van der Waals surface area contributed by atoms with Crippen molar-refractivity contribution < 1.29 is 9.53 Å². The molecule has 1 fully saturated rings. The van der Waals surface area contributed by atoms with Crippen LogP contribution in [0.2, 0.25) is 0 Å². The molecule has 0 saturated carbocycles. The minimum atomic E-state index is -0.0886. The van der Waals surface area contributed by atoms with Crippen molar-refractivity contribution in [1.29, 1.82) is 0 Å². The second kappa shape index (κ2) is 5.86. The van der Waals surface area contributed by atoms with Gasteiger partial charge in [0.05, 0.1) is 18.1 Å². The van der Waals surface area contributed by atoms with E-state index in [2.05, 4.69) is 28.2 Å². The van der Waals surface area contributed by atoms with Gasteiger partial charge < -0.3 is 10.1 Å². The van der Waals surface area contributed by atoms with Crippen LogP contribution >= 0.6 is 15.9 Å². The lowest BCUT2D eigenvalue weighted by molar-refractivity contribution is -0.121. The van der Waals surface area contributed by atoms with E-state index in [9.17, 15) is 4.79 Å². The Bertz CT molecular complexity index is 506. The van der Waals surface area contributed by atoms with Crippen molar-refractivity contribution >= 4 is 27.5 Å². The van der Waals surface area contributed by atoms with Gasteiger partial charge in [-0.1, -0.05) is 22.9 Å². The Morgan fingerprint density at radius 1 is 1.15 bits per heavy atom. The molecule has 0 spiro atoms. The van der Waals surface area contributed by atoms with E-state index < -0.39 is 0 Å². The minimum Gasteiger partial charge on any atom is -0.374 e. The van der Waals surface area contributed by atoms with E-state index in [1.807, 2.05) is 39.8 Å². The molecule has 4 heteroatoms. The zero-order valence-corrected chi connectivity index (χ0v) is 14.2. The number of nitrogens with one attached hydrogen (secondary N) is 1. The first kappa shape index (κ1) is 15.5. The Labute approximate surface area is 129 Å². The summed E-state index contributed by atoms with van der Waals surface area (Å²) in [4.78, 5) is 12.5. The number of rotatable bonds is 2. The molecule has 1 N–H and O–H groups in total. The van der Waals surface area contributed by atoms with Crippen LogP contribution in [0.1, 0.15) is 31.9 Å². The first-order valence-corrected chi connectivity index (χ1v) is 7.83. The van der Waals surface area contributed by atoms with Crippen LogP contribution in [0.4, 0.5) is 5.69 Å². The summed E-state index contributed by atoms with van der Waals surface area (Å²) in [5.74, 6) is 0.201. The number of carbonyl (C=O) groups excluding carboxylic acids is 1. The van der Waals surface area contributed by atoms with E-state index in [1.54, 1.807) is 0 Å². The maximum atomic E-state index is 12.5. The number of amides is 1. The molecule has 4 unspecified atom stereocenters. The van der Waals surface area contributed by atoms with Gasteiger partial charge >= 0.3 is 0 Å². The molecule has 1 aromatic rings. The molecule has 3 nitrogen and oxygen atoms in total. The largest absolute Gasteiger partial charge is 0.374 e. The lowest BCUT2D eigenvalue weighted by atomic mass is 9.89. The summed E-state index contributed by atoms with van der Waals surface area (Å²) in [6.45, 7) is 10.1. The van der Waals surface area contributed by atoms with Crippen LogP contribution in [-0.4, -0.2) is 18.1 Å². The highest BCUT2D eigenvalue weighted by Crippen LogP contribution is 2.33. The van der Waals surface area contributed by atoms with Gasteiger partial charge in [-0.05, 0) is 56.9 Å². The van der Waals surface area contributed by atoms with Crippen LogP contribution in [0.15, 0.2) is 16.6 Å². The maximum Gasteiger partial charge on any atom is 0.230 e. The van der Waals surface area contributed by atoms with Crippen LogP contribution in [0.3, 0.4) is 0 Å². The summed E-state index contributed by atoms with van der Waals surface area (Å²) in [7, 11) is 0. The molecule has 20 heavy (non-hydrogen) atoms. The van der Waals surface area contributed by atoms with Crippen molar-refractivity contribution in [3.8, 4) is 0 Å². The standard InChI is InChI=1S/C16H22BrNO2/c1-8-6-13(7-9(2)15(8)17)18-16(19)14-10(3)11(4)20-12(14)5/h6-7,10-12,14H,1-5H3,(H,18,19). The molecule has 1 amide bonds. The van der Waals surface area contributed by atoms with Crippen molar-refractivity contribution in [2.75, 3.05) is 5.32 Å². The molecule has 0 radical (unpaired) electrons. The topological polar surface area (TPSA) is 38.3 Å². The smallest absolute Gasteiger partial charge is 0.230 e. The Morgan fingerprint density at radius 3 is 2.15 bits per heavy atom. The zero-order valence-electron chi connectivity index (χ0n) is 12.7. The number of hydrogen-bond acceptors (Lipinski definition) is 2. The summed E-state index contributed by atoms with van der Waals surface area (Å²) in [6, 6.07) is 3.98. The molecular formula is C16H22BrNO2. The van der Waals surface area contributed by atoms with E-state index in [0.29, 0.717) is 0 Å². The fourth-order valence-electron chi connectivity index (χ4n) is 2.96. The number of halogens is 1. The van der Waals surface area contributed by atoms with Gasteiger partial charge in [-0.3, -0.25) is 4.79 Å². The Kier molecular flexibility index (Phi) is 4.55. The first-order chi connectivity index (χ1) is 9.31. The highest BCUT2D eigenvalue weighted by atomic mass is 79.9. The average molecular weight is 340 g/mol. The number of ether oxygens (including phenoxy) is 1. The molecule has 1 aromatic carbocycles. The van der Waals surface area contributed by atoms with Gasteiger partial charge in [0.25, 0.3) is 0 Å². The number of aryl methyl sites for hydroxylation is 2. The molecule has 0 aliphatic carbocycles. The fraction of sp³-hybridized carbons (Fsp3) is 0.562. The molecule has 4 atom stereocenters. The molecule has 1 heterocycles. The van der Waals surface area contributed by atoms with Crippen molar-refractivity contribution in [2.45, 2.75) is 46.8 Å². The number of carbonyl (C=O) groups is 1. The predicted octanol–water partition coefficient (Wildman–Crippen LogP) is 4.06. The third-order valence-corrected chi connectivity index (χ3v) is 5.50. The normalized spacial score (nSPS) is 29.5. The Balaban J connectivity index is 2.16. The Hall–Kier alpha value is -0.870. The molecule has 1 aliphatic rings.